The molecule has 90 valence electrons. The third-order valence-corrected chi connectivity index (χ3v) is 2.66. The Morgan fingerprint density at radius 2 is 2.06 bits per heavy atom. The second kappa shape index (κ2) is 4.03. The Bertz CT molecular complexity index is 762. The van der Waals surface area contributed by atoms with Crippen LogP contribution in [0.4, 0.5) is 0 Å². The van der Waals surface area contributed by atoms with Crippen molar-refractivity contribution < 1.29 is 13.6 Å². The minimum absolute atomic E-state index is 0.308. The molecule has 5 nitrogen and oxygen atoms in total. The molecule has 2 heterocycles. The summed E-state index contributed by atoms with van der Waals surface area (Å²) in [6.45, 7) is 0. The van der Waals surface area contributed by atoms with Crippen molar-refractivity contribution in [2.45, 2.75) is 6.42 Å². The molecule has 0 amide bonds. The summed E-state index contributed by atoms with van der Waals surface area (Å²) in [7, 11) is 0. The summed E-state index contributed by atoms with van der Waals surface area (Å²) in [6, 6.07) is 8.78. The van der Waals surface area contributed by atoms with Crippen molar-refractivity contribution in [3.05, 3.63) is 58.0 Å². The quantitative estimate of drug-likeness (QED) is 0.715. The van der Waals surface area contributed by atoms with Crippen LogP contribution in [0.3, 0.4) is 0 Å². The van der Waals surface area contributed by atoms with Crippen LogP contribution in [0.15, 0.2) is 44.0 Å². The lowest BCUT2D eigenvalue weighted by atomic mass is 10.1. The lowest BCUT2D eigenvalue weighted by molar-refractivity contribution is 0.109. The van der Waals surface area contributed by atoms with Crippen LogP contribution in [0.1, 0.15) is 21.9 Å². The normalized spacial score (nSPS) is 10.9. The molecule has 0 aliphatic rings. The van der Waals surface area contributed by atoms with Gasteiger partial charge in [-0.2, -0.15) is 0 Å². The van der Waals surface area contributed by atoms with Crippen LogP contribution in [0, 0.1) is 0 Å². The van der Waals surface area contributed by atoms with Crippen molar-refractivity contribution >= 4 is 17.4 Å². The van der Waals surface area contributed by atoms with Crippen LogP contribution in [0.2, 0.25) is 0 Å². The first-order valence-electron chi connectivity index (χ1n) is 5.40. The number of hydrogen-bond donors (Lipinski definition) is 1. The van der Waals surface area contributed by atoms with Crippen LogP contribution in [0.25, 0.3) is 11.1 Å². The highest BCUT2D eigenvalue weighted by Crippen LogP contribution is 2.16. The molecule has 18 heavy (non-hydrogen) atoms. The number of carbonyl (C=O) groups is 1. The topological polar surface area (TPSA) is 76.2 Å². The SMILES string of the molecule is O=Cc1ccc(Cc2ccc3oc(=O)[nH]c3c2)o1. The maximum Gasteiger partial charge on any atom is 0.417 e. The van der Waals surface area contributed by atoms with E-state index in [0.29, 0.717) is 35.3 Å². The molecule has 0 fully saturated rings. The number of carbonyl (C=O) groups excluding carboxylic acids is 1. The van der Waals surface area contributed by atoms with Gasteiger partial charge in [0, 0.05) is 6.42 Å². The van der Waals surface area contributed by atoms with Gasteiger partial charge < -0.3 is 8.83 Å². The molecule has 0 radical (unpaired) electrons. The monoisotopic (exact) mass is 243 g/mol. The smallest absolute Gasteiger partial charge is 0.417 e. The number of oxazole rings is 1. The number of hydrogen-bond acceptors (Lipinski definition) is 4. The van der Waals surface area contributed by atoms with E-state index >= 15 is 0 Å². The fourth-order valence-electron chi connectivity index (χ4n) is 1.86. The van der Waals surface area contributed by atoms with Gasteiger partial charge in [-0.25, -0.2) is 4.79 Å². The van der Waals surface area contributed by atoms with Gasteiger partial charge in [-0.15, -0.1) is 0 Å². The van der Waals surface area contributed by atoms with E-state index in [1.807, 2.05) is 12.1 Å². The van der Waals surface area contributed by atoms with Gasteiger partial charge in [0.05, 0.1) is 5.52 Å². The van der Waals surface area contributed by atoms with Gasteiger partial charge in [0.25, 0.3) is 0 Å². The second-order valence-corrected chi connectivity index (χ2v) is 3.94. The van der Waals surface area contributed by atoms with Gasteiger partial charge in [-0.3, -0.25) is 9.78 Å². The van der Waals surface area contributed by atoms with E-state index in [1.165, 1.54) is 0 Å². The summed E-state index contributed by atoms with van der Waals surface area (Å²) in [4.78, 5) is 24.1. The van der Waals surface area contributed by atoms with Crippen molar-refractivity contribution in [3.63, 3.8) is 0 Å². The Morgan fingerprint density at radius 1 is 1.17 bits per heavy atom. The molecule has 2 aromatic heterocycles. The first-order valence-corrected chi connectivity index (χ1v) is 5.40. The van der Waals surface area contributed by atoms with Crippen molar-refractivity contribution in [2.75, 3.05) is 0 Å². The summed E-state index contributed by atoms with van der Waals surface area (Å²) < 4.78 is 10.2. The molecule has 3 rings (SSSR count). The number of rotatable bonds is 3. The number of aldehydes is 1. The third-order valence-electron chi connectivity index (χ3n) is 2.66. The summed E-state index contributed by atoms with van der Waals surface area (Å²) in [5.41, 5.74) is 2.14. The molecule has 3 aromatic rings. The average molecular weight is 243 g/mol. The standard InChI is InChI=1S/C13H9NO4/c15-7-10-3-2-9(17-10)5-8-1-4-12-11(6-8)14-13(16)18-12/h1-4,6-7H,5H2,(H,14,16). The van der Waals surface area contributed by atoms with E-state index in [9.17, 15) is 9.59 Å². The highest BCUT2D eigenvalue weighted by molar-refractivity contribution is 5.73. The minimum Gasteiger partial charge on any atom is -0.458 e. The number of furan rings is 1. The molecule has 5 heteroatoms. The molecule has 0 spiro atoms. The minimum atomic E-state index is -0.469. The highest BCUT2D eigenvalue weighted by Gasteiger charge is 2.05. The first-order chi connectivity index (χ1) is 8.74. The lowest BCUT2D eigenvalue weighted by Crippen LogP contribution is -1.93. The zero-order valence-corrected chi connectivity index (χ0v) is 9.30. The molecule has 0 bridgehead atoms. The first kappa shape index (κ1) is 10.6. The maximum atomic E-state index is 11.0. The number of aromatic amines is 1. The van der Waals surface area contributed by atoms with Crippen molar-refractivity contribution in [2.24, 2.45) is 0 Å². The van der Waals surface area contributed by atoms with Gasteiger partial charge in [0.2, 0.25) is 0 Å². The predicted molar refractivity (Wildman–Crippen MR) is 63.7 cm³/mol. The fourth-order valence-corrected chi connectivity index (χ4v) is 1.86. The van der Waals surface area contributed by atoms with Crippen LogP contribution >= 0.6 is 0 Å². The summed E-state index contributed by atoms with van der Waals surface area (Å²) in [5.74, 6) is 0.536. The largest absolute Gasteiger partial charge is 0.458 e. The number of nitrogens with one attached hydrogen (secondary N) is 1. The van der Waals surface area contributed by atoms with Crippen LogP contribution in [-0.2, 0) is 6.42 Å². The van der Waals surface area contributed by atoms with Gasteiger partial charge in [-0.05, 0) is 29.8 Å². The number of fused-ring (bicyclic) bond motifs is 1. The van der Waals surface area contributed by atoms with Crippen LogP contribution in [-0.4, -0.2) is 11.3 Å². The van der Waals surface area contributed by atoms with E-state index in [-0.39, 0.29) is 0 Å². The average Bonchev–Trinajstić information content (AvgIpc) is 2.94. The van der Waals surface area contributed by atoms with E-state index in [2.05, 4.69) is 4.98 Å². The predicted octanol–water partition coefficient (Wildman–Crippen LogP) is 2.12. The molecule has 0 unspecified atom stereocenters. The zero-order chi connectivity index (χ0) is 12.5. The van der Waals surface area contributed by atoms with Crippen LogP contribution in [0.5, 0.6) is 0 Å². The van der Waals surface area contributed by atoms with Crippen molar-refractivity contribution in [1.82, 2.24) is 4.98 Å². The van der Waals surface area contributed by atoms with Gasteiger partial charge >= 0.3 is 5.76 Å². The number of H-pyrrole nitrogens is 1. The number of aromatic nitrogens is 1. The van der Waals surface area contributed by atoms with E-state index in [0.717, 1.165) is 5.56 Å². The Hall–Kier alpha value is -2.56. The summed E-state index contributed by atoms with van der Waals surface area (Å²) in [6.07, 6.45) is 1.22. The van der Waals surface area contributed by atoms with Crippen molar-refractivity contribution in [1.29, 1.82) is 0 Å². The lowest BCUT2D eigenvalue weighted by Gasteiger charge is -1.97. The molecule has 0 saturated heterocycles. The molecule has 0 aliphatic heterocycles. The highest BCUT2D eigenvalue weighted by atomic mass is 16.4. The van der Waals surface area contributed by atoms with Gasteiger partial charge in [0.1, 0.15) is 5.76 Å². The zero-order valence-electron chi connectivity index (χ0n) is 9.30. The molecule has 0 atom stereocenters. The second-order valence-electron chi connectivity index (χ2n) is 3.94. The fraction of sp³-hybridized carbons (Fsp3) is 0.0769. The van der Waals surface area contributed by atoms with E-state index < -0.39 is 5.76 Å². The maximum absolute atomic E-state index is 11.0. The molecular formula is C13H9NO4. The molecular weight excluding hydrogens is 234 g/mol. The molecule has 1 aromatic carbocycles. The molecule has 1 N–H and O–H groups in total. The van der Waals surface area contributed by atoms with E-state index in [1.54, 1.807) is 18.2 Å². The summed E-state index contributed by atoms with van der Waals surface area (Å²) in [5, 5.41) is 0. The molecule has 0 aliphatic carbocycles. The van der Waals surface area contributed by atoms with Crippen molar-refractivity contribution in [3.8, 4) is 0 Å². The third kappa shape index (κ3) is 1.86. The van der Waals surface area contributed by atoms with Gasteiger partial charge in [0.15, 0.2) is 17.6 Å². The Kier molecular flexibility index (Phi) is 2.37. The summed E-state index contributed by atoms with van der Waals surface area (Å²) >= 11 is 0. The molecule has 0 saturated carbocycles. The van der Waals surface area contributed by atoms with E-state index in [4.69, 9.17) is 8.83 Å². The van der Waals surface area contributed by atoms with Crippen LogP contribution < -0.4 is 5.76 Å². The Labute approximate surface area is 101 Å². The Balaban J connectivity index is 1.94. The van der Waals surface area contributed by atoms with Gasteiger partial charge in [-0.1, -0.05) is 6.07 Å². The Morgan fingerprint density at radius 3 is 2.83 bits per heavy atom. The number of benzene rings is 1.